The van der Waals surface area contributed by atoms with Gasteiger partial charge in [-0.3, -0.25) is 4.99 Å². The van der Waals surface area contributed by atoms with E-state index >= 15 is 0 Å². The molecule has 0 spiro atoms. The molecule has 0 radical (unpaired) electrons. The number of aromatic nitrogens is 4. The summed E-state index contributed by atoms with van der Waals surface area (Å²) in [4.78, 5) is 18.0. The Labute approximate surface area is 178 Å². The normalized spacial score (nSPS) is 11.5. The lowest BCUT2D eigenvalue weighted by Crippen LogP contribution is -2.06. The number of aliphatic imine (C=N–C) groups is 1. The van der Waals surface area contributed by atoms with Gasteiger partial charge in [-0.25, -0.2) is 9.37 Å². The molecule has 0 aliphatic rings. The zero-order chi connectivity index (χ0) is 22.1. The number of ether oxygens (including phenoxy) is 1. The average molecular weight is 419 g/mol. The smallest absolute Gasteiger partial charge is 0.318 e. The van der Waals surface area contributed by atoms with E-state index in [2.05, 4.69) is 15.0 Å². The topological polar surface area (TPSA) is 85.4 Å². The molecular weight excluding hydrogens is 397 g/mol. The summed E-state index contributed by atoms with van der Waals surface area (Å²) in [5, 5.41) is 9.57. The van der Waals surface area contributed by atoms with E-state index < -0.39 is 5.82 Å². The van der Waals surface area contributed by atoms with Gasteiger partial charge in [-0.05, 0) is 50.6 Å². The zero-order valence-corrected chi connectivity index (χ0v) is 17.7. The Morgan fingerprint density at radius 3 is 2.61 bits per heavy atom. The van der Waals surface area contributed by atoms with Crippen molar-refractivity contribution in [3.63, 3.8) is 0 Å². The van der Waals surface area contributed by atoms with E-state index in [9.17, 15) is 9.50 Å². The quantitative estimate of drug-likeness (QED) is 0.473. The van der Waals surface area contributed by atoms with Crippen molar-refractivity contribution in [3.8, 4) is 23.1 Å². The molecule has 1 N–H and O–H groups in total. The monoisotopic (exact) mass is 419 g/mol. The van der Waals surface area contributed by atoms with Crippen molar-refractivity contribution in [1.29, 1.82) is 0 Å². The van der Waals surface area contributed by atoms with E-state index in [0.717, 1.165) is 22.9 Å². The van der Waals surface area contributed by atoms with Gasteiger partial charge in [0.05, 0.1) is 25.0 Å². The number of phenols is 1. The second-order valence-corrected chi connectivity index (χ2v) is 7.15. The van der Waals surface area contributed by atoms with Crippen molar-refractivity contribution in [2.75, 3.05) is 7.11 Å². The first-order valence-corrected chi connectivity index (χ1v) is 9.77. The minimum absolute atomic E-state index is 0.125. The van der Waals surface area contributed by atoms with Crippen LogP contribution in [0.3, 0.4) is 0 Å². The Balaban J connectivity index is 1.95. The molecule has 0 unspecified atom stereocenters. The number of phenolic OH excluding ortho intramolecular Hbond substituents is 1. The molecule has 2 aromatic carbocycles. The molecule has 0 saturated carbocycles. The number of imidazole rings is 1. The third-order valence-electron chi connectivity index (χ3n) is 5.02. The first kappa shape index (κ1) is 20.5. The van der Waals surface area contributed by atoms with Gasteiger partial charge in [0, 0.05) is 23.4 Å². The van der Waals surface area contributed by atoms with Crippen LogP contribution in [0.15, 0.2) is 41.4 Å². The molecular formula is C23H22FN5O2. The molecule has 2 aromatic heterocycles. The number of fused-ring (bicyclic) bond motifs is 1. The lowest BCUT2D eigenvalue weighted by molar-refractivity contribution is 0.380. The largest absolute Gasteiger partial charge is 0.508 e. The van der Waals surface area contributed by atoms with Crippen molar-refractivity contribution in [3.05, 3.63) is 59.0 Å². The predicted molar refractivity (Wildman–Crippen MR) is 118 cm³/mol. The van der Waals surface area contributed by atoms with Crippen molar-refractivity contribution in [1.82, 2.24) is 19.5 Å². The molecule has 0 bridgehead atoms. The summed E-state index contributed by atoms with van der Waals surface area (Å²) in [6.07, 6.45) is 1.75. The van der Waals surface area contributed by atoms with Crippen molar-refractivity contribution >= 4 is 23.1 Å². The van der Waals surface area contributed by atoms with Crippen LogP contribution in [0, 0.1) is 19.7 Å². The highest BCUT2D eigenvalue weighted by Crippen LogP contribution is 2.31. The maximum atomic E-state index is 14.5. The van der Waals surface area contributed by atoms with Gasteiger partial charge in [0.1, 0.15) is 22.9 Å². The number of nitrogens with zero attached hydrogens (tertiary/aromatic N) is 5. The Morgan fingerprint density at radius 2 is 1.94 bits per heavy atom. The predicted octanol–water partition coefficient (Wildman–Crippen LogP) is 4.73. The van der Waals surface area contributed by atoms with Gasteiger partial charge in [-0.15, -0.1) is 0 Å². The summed E-state index contributed by atoms with van der Waals surface area (Å²) < 4.78 is 21.6. The molecule has 0 amide bonds. The summed E-state index contributed by atoms with van der Waals surface area (Å²) in [5.74, 6) is -0.00268. The molecule has 158 valence electrons. The number of hydrogen-bond acceptors (Lipinski definition) is 6. The number of aryl methyl sites for hydroxylation is 2. The fourth-order valence-corrected chi connectivity index (χ4v) is 3.49. The van der Waals surface area contributed by atoms with Gasteiger partial charge in [-0.2, -0.15) is 9.97 Å². The fourth-order valence-electron chi connectivity index (χ4n) is 3.49. The van der Waals surface area contributed by atoms with Gasteiger partial charge in [0.15, 0.2) is 5.65 Å². The highest BCUT2D eigenvalue weighted by Gasteiger charge is 2.19. The van der Waals surface area contributed by atoms with E-state index in [1.54, 1.807) is 12.3 Å². The van der Waals surface area contributed by atoms with Crippen molar-refractivity contribution in [2.45, 2.75) is 27.3 Å². The third kappa shape index (κ3) is 3.84. The van der Waals surface area contributed by atoms with E-state index in [1.165, 1.54) is 13.2 Å². The molecule has 0 aliphatic heterocycles. The first-order chi connectivity index (χ1) is 14.9. The summed E-state index contributed by atoms with van der Waals surface area (Å²) in [6, 6.07) is 10.2. The molecule has 0 fully saturated rings. The van der Waals surface area contributed by atoms with Crippen LogP contribution in [0.4, 0.5) is 10.1 Å². The van der Waals surface area contributed by atoms with E-state index in [1.807, 2.05) is 43.5 Å². The highest BCUT2D eigenvalue weighted by molar-refractivity contribution is 5.80. The zero-order valence-electron chi connectivity index (χ0n) is 17.7. The van der Waals surface area contributed by atoms with Gasteiger partial charge < -0.3 is 14.4 Å². The number of methoxy groups -OCH3 is 1. The van der Waals surface area contributed by atoms with E-state index in [4.69, 9.17) is 9.72 Å². The Kier molecular flexibility index (Phi) is 5.37. The van der Waals surface area contributed by atoms with Crippen LogP contribution in [0.1, 0.15) is 23.7 Å². The van der Waals surface area contributed by atoms with Gasteiger partial charge in [0.2, 0.25) is 0 Å². The van der Waals surface area contributed by atoms with E-state index in [-0.39, 0.29) is 18.3 Å². The summed E-state index contributed by atoms with van der Waals surface area (Å²) >= 11 is 0. The second kappa shape index (κ2) is 8.14. The van der Waals surface area contributed by atoms with Crippen molar-refractivity contribution in [2.24, 2.45) is 4.99 Å². The Bertz CT molecular complexity index is 1310. The average Bonchev–Trinajstić information content (AvgIpc) is 3.10. The van der Waals surface area contributed by atoms with Gasteiger partial charge in [-0.1, -0.05) is 6.07 Å². The lowest BCUT2D eigenvalue weighted by Gasteiger charge is -2.11. The van der Waals surface area contributed by atoms with Crippen LogP contribution in [0.25, 0.3) is 22.6 Å². The number of benzene rings is 2. The lowest BCUT2D eigenvalue weighted by atomic mass is 10.1. The van der Waals surface area contributed by atoms with Crippen LogP contribution in [0.5, 0.6) is 11.8 Å². The molecule has 31 heavy (non-hydrogen) atoms. The van der Waals surface area contributed by atoms with Crippen molar-refractivity contribution < 1.29 is 14.2 Å². The molecule has 4 rings (SSSR count). The first-order valence-electron chi connectivity index (χ1n) is 9.77. The minimum Gasteiger partial charge on any atom is -0.508 e. The molecule has 7 nitrogen and oxygen atoms in total. The number of halogens is 1. The molecule has 0 saturated heterocycles. The Morgan fingerprint density at radius 1 is 1.13 bits per heavy atom. The summed E-state index contributed by atoms with van der Waals surface area (Å²) in [7, 11) is 1.50. The van der Waals surface area contributed by atoms with E-state index in [0.29, 0.717) is 28.2 Å². The SMILES string of the molecule is C/C=N\c1ccc(-c2nc3c(C)nc(OC)nc3n2Cc2ccc(O)cc2F)cc1C. The fraction of sp³-hybridized carbons (Fsp3) is 0.217. The molecule has 2 heterocycles. The minimum atomic E-state index is -0.505. The van der Waals surface area contributed by atoms with Gasteiger partial charge in [0.25, 0.3) is 0 Å². The number of aromatic hydroxyl groups is 1. The third-order valence-corrected chi connectivity index (χ3v) is 5.02. The maximum absolute atomic E-state index is 14.5. The molecule has 0 aliphatic carbocycles. The van der Waals surface area contributed by atoms with Crippen LogP contribution >= 0.6 is 0 Å². The molecule has 4 aromatic rings. The number of hydrogen-bond donors (Lipinski definition) is 1. The van der Waals surface area contributed by atoms with Crippen LogP contribution in [0.2, 0.25) is 0 Å². The van der Waals surface area contributed by atoms with Crippen LogP contribution in [-0.4, -0.2) is 37.9 Å². The summed E-state index contributed by atoms with van der Waals surface area (Å²) in [5.41, 5.74) is 4.93. The van der Waals surface area contributed by atoms with Crippen LogP contribution in [-0.2, 0) is 6.54 Å². The maximum Gasteiger partial charge on any atom is 0.318 e. The standard InChI is InChI=1S/C23H22FN5O2/c1-5-25-19-9-7-15(10-13(19)2)21-27-20-14(3)26-23(31-4)28-22(20)29(21)12-16-6-8-17(30)11-18(16)24/h5-11,30H,12H2,1-4H3/b25-5-. The molecule has 0 atom stereocenters. The van der Waals surface area contributed by atoms with Crippen LogP contribution < -0.4 is 4.74 Å². The molecule has 8 heteroatoms. The number of rotatable bonds is 5. The summed E-state index contributed by atoms with van der Waals surface area (Å²) in [6.45, 7) is 5.85. The Hall–Kier alpha value is -3.81. The van der Waals surface area contributed by atoms with Gasteiger partial charge >= 0.3 is 6.01 Å². The second-order valence-electron chi connectivity index (χ2n) is 7.15. The highest BCUT2D eigenvalue weighted by atomic mass is 19.1.